The highest BCUT2D eigenvalue weighted by Gasteiger charge is 2.42. The van der Waals surface area contributed by atoms with E-state index in [1.807, 2.05) is 0 Å². The fraction of sp³-hybridized carbons (Fsp3) is 0.583. The number of nitrogens with zero attached hydrogens (tertiary/aromatic N) is 2. The van der Waals surface area contributed by atoms with Crippen LogP contribution in [0, 0.1) is 6.92 Å². The van der Waals surface area contributed by atoms with Crippen LogP contribution in [0.1, 0.15) is 31.4 Å². The Morgan fingerprint density at radius 3 is 2.53 bits per heavy atom. The number of nitrogens with one attached hydrogen (secondary N) is 2. The van der Waals surface area contributed by atoms with Crippen molar-refractivity contribution in [2.45, 2.75) is 38.1 Å². The second-order valence-electron chi connectivity index (χ2n) is 4.98. The Morgan fingerprint density at radius 1 is 1.42 bits per heavy atom. The maximum Gasteiger partial charge on any atom is 0.329 e. The molecule has 0 saturated heterocycles. The van der Waals surface area contributed by atoms with Crippen LogP contribution in [-0.4, -0.2) is 32.4 Å². The van der Waals surface area contributed by atoms with Crippen LogP contribution >= 0.6 is 0 Å². The van der Waals surface area contributed by atoms with E-state index in [9.17, 15) is 14.7 Å². The molecule has 1 heterocycles. The van der Waals surface area contributed by atoms with E-state index in [0.717, 1.165) is 12.8 Å². The van der Waals surface area contributed by atoms with E-state index >= 15 is 0 Å². The summed E-state index contributed by atoms with van der Waals surface area (Å²) >= 11 is 0. The summed E-state index contributed by atoms with van der Waals surface area (Å²) in [5.41, 5.74) is 0.146. The number of rotatable bonds is 3. The van der Waals surface area contributed by atoms with Crippen LogP contribution in [0.3, 0.4) is 0 Å². The van der Waals surface area contributed by atoms with Gasteiger partial charge in [-0.1, -0.05) is 12.8 Å². The summed E-state index contributed by atoms with van der Waals surface area (Å²) in [6.45, 7) is 1.78. The Hall–Kier alpha value is -2.05. The molecule has 0 unspecified atom stereocenters. The third-order valence-electron chi connectivity index (χ3n) is 3.48. The highest BCUT2D eigenvalue weighted by molar-refractivity contribution is 5.94. The Kier molecular flexibility index (Phi) is 3.46. The van der Waals surface area contributed by atoms with Crippen molar-refractivity contribution < 1.29 is 14.7 Å². The molecule has 2 amide bonds. The van der Waals surface area contributed by atoms with Gasteiger partial charge < -0.3 is 15.7 Å². The first-order chi connectivity index (χ1) is 8.93. The molecular weight excluding hydrogens is 248 g/mol. The second-order valence-corrected chi connectivity index (χ2v) is 4.98. The smallest absolute Gasteiger partial charge is 0.329 e. The maximum atomic E-state index is 11.9. The lowest BCUT2D eigenvalue weighted by Gasteiger charge is -2.25. The normalized spacial score (nSPS) is 17.2. The lowest BCUT2D eigenvalue weighted by Crippen LogP contribution is -2.53. The monoisotopic (exact) mass is 266 g/mol. The number of anilines is 1. The Balaban J connectivity index is 2.04. The molecule has 0 spiro atoms. The van der Waals surface area contributed by atoms with Crippen molar-refractivity contribution in [3.63, 3.8) is 0 Å². The van der Waals surface area contributed by atoms with Crippen molar-refractivity contribution in [2.24, 2.45) is 7.05 Å². The Bertz CT molecular complexity index is 503. The second kappa shape index (κ2) is 4.91. The fourth-order valence-electron chi connectivity index (χ4n) is 2.46. The molecule has 1 saturated carbocycles. The van der Waals surface area contributed by atoms with Crippen molar-refractivity contribution in [3.05, 3.63) is 11.9 Å². The zero-order valence-electron chi connectivity index (χ0n) is 11.1. The van der Waals surface area contributed by atoms with Crippen LogP contribution in [-0.2, 0) is 11.8 Å². The number of aromatic nitrogens is 2. The molecule has 0 aliphatic heterocycles. The van der Waals surface area contributed by atoms with E-state index in [1.54, 1.807) is 24.9 Å². The number of aryl methyl sites for hydroxylation is 2. The van der Waals surface area contributed by atoms with Gasteiger partial charge in [-0.2, -0.15) is 5.10 Å². The highest BCUT2D eigenvalue weighted by atomic mass is 16.4. The minimum absolute atomic E-state index is 0.474. The molecular formula is C12H18N4O3. The van der Waals surface area contributed by atoms with E-state index in [-0.39, 0.29) is 0 Å². The van der Waals surface area contributed by atoms with E-state index < -0.39 is 17.5 Å². The largest absolute Gasteiger partial charge is 0.480 e. The van der Waals surface area contributed by atoms with Gasteiger partial charge in [0.2, 0.25) is 0 Å². The number of carboxylic acids is 1. The molecule has 104 valence electrons. The molecule has 7 heteroatoms. The summed E-state index contributed by atoms with van der Waals surface area (Å²) in [5.74, 6) is -0.969. The molecule has 7 nitrogen and oxygen atoms in total. The standard InChI is InChI=1S/C12H18N4O3/c1-8-9(7-16(2)15-8)13-11(19)14-12(10(17)18)5-3-4-6-12/h7H,3-6H2,1-2H3,(H,17,18)(H2,13,14,19). The molecule has 0 radical (unpaired) electrons. The van der Waals surface area contributed by atoms with Gasteiger partial charge in [-0.3, -0.25) is 4.68 Å². The summed E-state index contributed by atoms with van der Waals surface area (Å²) in [5, 5.41) is 18.6. The molecule has 3 N–H and O–H groups in total. The minimum Gasteiger partial charge on any atom is -0.480 e. The first-order valence-electron chi connectivity index (χ1n) is 6.26. The number of carboxylic acid groups (broad SMARTS) is 1. The summed E-state index contributed by atoms with van der Waals surface area (Å²) in [7, 11) is 1.76. The molecule has 0 bridgehead atoms. The molecule has 1 aliphatic rings. The summed E-state index contributed by atoms with van der Waals surface area (Å²) in [6.07, 6.45) is 4.26. The van der Waals surface area contributed by atoms with E-state index in [1.165, 1.54) is 0 Å². The van der Waals surface area contributed by atoms with Gasteiger partial charge in [0.1, 0.15) is 5.54 Å². The SMILES string of the molecule is Cc1nn(C)cc1NC(=O)NC1(C(=O)O)CCCC1. The summed E-state index contributed by atoms with van der Waals surface area (Å²) in [6, 6.07) is -0.500. The van der Waals surface area contributed by atoms with Crippen molar-refractivity contribution in [1.82, 2.24) is 15.1 Å². The van der Waals surface area contributed by atoms with Crippen LogP contribution in [0.5, 0.6) is 0 Å². The number of carbonyl (C=O) groups is 2. The third kappa shape index (κ3) is 2.69. The molecule has 0 atom stereocenters. The van der Waals surface area contributed by atoms with Gasteiger partial charge in [0.15, 0.2) is 0 Å². The third-order valence-corrected chi connectivity index (χ3v) is 3.48. The van der Waals surface area contributed by atoms with Crippen LogP contribution < -0.4 is 10.6 Å². The first-order valence-corrected chi connectivity index (χ1v) is 6.26. The predicted octanol–water partition coefficient (Wildman–Crippen LogP) is 1.25. The van der Waals surface area contributed by atoms with Crippen molar-refractivity contribution in [2.75, 3.05) is 5.32 Å². The number of amides is 2. The number of aliphatic carboxylic acids is 1. The van der Waals surface area contributed by atoms with Crippen molar-refractivity contribution in [1.29, 1.82) is 0 Å². The van der Waals surface area contributed by atoms with Gasteiger partial charge in [-0.05, 0) is 19.8 Å². The van der Waals surface area contributed by atoms with Crippen LogP contribution in [0.2, 0.25) is 0 Å². The number of hydrogen-bond acceptors (Lipinski definition) is 3. The van der Waals surface area contributed by atoms with Crippen LogP contribution in [0.25, 0.3) is 0 Å². The van der Waals surface area contributed by atoms with E-state index in [2.05, 4.69) is 15.7 Å². The maximum absolute atomic E-state index is 11.9. The van der Waals surface area contributed by atoms with Gasteiger partial charge in [-0.15, -0.1) is 0 Å². The average molecular weight is 266 g/mol. The zero-order chi connectivity index (χ0) is 14.0. The lowest BCUT2D eigenvalue weighted by molar-refractivity contribution is -0.144. The van der Waals surface area contributed by atoms with Gasteiger partial charge in [0, 0.05) is 13.2 Å². The molecule has 19 heavy (non-hydrogen) atoms. The quantitative estimate of drug-likeness (QED) is 0.767. The van der Waals surface area contributed by atoms with Crippen LogP contribution in [0.15, 0.2) is 6.20 Å². The summed E-state index contributed by atoms with van der Waals surface area (Å²) < 4.78 is 1.59. The van der Waals surface area contributed by atoms with Crippen molar-refractivity contribution in [3.8, 4) is 0 Å². The predicted molar refractivity (Wildman–Crippen MR) is 68.9 cm³/mol. The van der Waals surface area contributed by atoms with Crippen LogP contribution in [0.4, 0.5) is 10.5 Å². The van der Waals surface area contributed by atoms with Gasteiger partial charge in [0.05, 0.1) is 11.4 Å². The van der Waals surface area contributed by atoms with Gasteiger partial charge in [-0.25, -0.2) is 9.59 Å². The first kappa shape index (κ1) is 13.4. The Labute approximate surface area is 111 Å². The molecule has 1 fully saturated rings. The van der Waals surface area contributed by atoms with E-state index in [0.29, 0.717) is 24.2 Å². The fourth-order valence-corrected chi connectivity index (χ4v) is 2.46. The average Bonchev–Trinajstić information content (AvgIpc) is 2.88. The number of hydrogen-bond donors (Lipinski definition) is 3. The molecule has 0 aromatic carbocycles. The van der Waals surface area contributed by atoms with Crippen molar-refractivity contribution >= 4 is 17.7 Å². The molecule has 2 rings (SSSR count). The molecule has 1 aliphatic carbocycles. The topological polar surface area (TPSA) is 96.3 Å². The van der Waals surface area contributed by atoms with Gasteiger partial charge >= 0.3 is 12.0 Å². The minimum atomic E-state index is -1.12. The summed E-state index contributed by atoms with van der Waals surface area (Å²) in [4.78, 5) is 23.2. The lowest BCUT2D eigenvalue weighted by atomic mass is 9.98. The van der Waals surface area contributed by atoms with Gasteiger partial charge in [0.25, 0.3) is 0 Å². The Morgan fingerprint density at radius 2 is 2.05 bits per heavy atom. The highest BCUT2D eigenvalue weighted by Crippen LogP contribution is 2.30. The zero-order valence-corrected chi connectivity index (χ0v) is 11.1. The molecule has 1 aromatic heterocycles. The number of carbonyl (C=O) groups excluding carboxylic acids is 1. The number of urea groups is 1. The van der Waals surface area contributed by atoms with E-state index in [4.69, 9.17) is 0 Å². The molecule has 1 aromatic rings.